The normalized spacial score (nSPS) is 11.5. The number of amidine groups is 1. The summed E-state index contributed by atoms with van der Waals surface area (Å²) >= 11 is 0. The van der Waals surface area contributed by atoms with E-state index in [4.69, 9.17) is 4.74 Å². The zero-order valence-electron chi connectivity index (χ0n) is 13.8. The summed E-state index contributed by atoms with van der Waals surface area (Å²) in [7, 11) is 1.62. The molecule has 124 valence electrons. The van der Waals surface area contributed by atoms with Crippen LogP contribution in [-0.4, -0.2) is 12.9 Å². The first-order valence-corrected chi connectivity index (χ1v) is 7.86. The molecular formula is C20H18N4O. The highest BCUT2D eigenvalue weighted by Gasteiger charge is 2.09. The minimum atomic E-state index is 0.435. The molecule has 0 aliphatic heterocycles. The number of nitrogens with one attached hydrogen (secondary N) is 1. The second kappa shape index (κ2) is 8.40. The summed E-state index contributed by atoms with van der Waals surface area (Å²) in [5, 5.41) is 13.0. The maximum atomic E-state index is 5.42. The number of rotatable bonds is 5. The Bertz CT molecular complexity index is 861. The maximum Gasteiger partial charge on any atom is 0.204 e. The molecule has 0 aromatic heterocycles. The van der Waals surface area contributed by atoms with Crippen LogP contribution in [0.3, 0.4) is 0 Å². The van der Waals surface area contributed by atoms with Gasteiger partial charge in [0.05, 0.1) is 24.0 Å². The molecule has 0 saturated carbocycles. The minimum absolute atomic E-state index is 0.435. The Labute approximate surface area is 146 Å². The quantitative estimate of drug-likeness (QED) is 0.300. The molecule has 0 saturated heterocycles. The Morgan fingerprint density at radius 3 is 2.16 bits per heavy atom. The summed E-state index contributed by atoms with van der Waals surface area (Å²) in [5.74, 6) is 1.12. The van der Waals surface area contributed by atoms with Gasteiger partial charge in [-0.1, -0.05) is 48.5 Å². The van der Waals surface area contributed by atoms with E-state index in [1.54, 1.807) is 7.11 Å². The second-order valence-corrected chi connectivity index (χ2v) is 5.15. The molecule has 0 atom stereocenters. The van der Waals surface area contributed by atoms with Gasteiger partial charge in [-0.15, -0.1) is 10.2 Å². The van der Waals surface area contributed by atoms with Crippen molar-refractivity contribution in [3.63, 3.8) is 0 Å². The molecular weight excluding hydrogens is 312 g/mol. The summed E-state index contributed by atoms with van der Waals surface area (Å²) in [5.41, 5.74) is 5.39. The topological polar surface area (TPSA) is 58.3 Å². The molecule has 0 bridgehead atoms. The fourth-order valence-corrected chi connectivity index (χ4v) is 2.20. The van der Waals surface area contributed by atoms with Gasteiger partial charge in [-0.2, -0.15) is 5.10 Å². The molecule has 5 heteroatoms. The first kappa shape index (κ1) is 16.4. The van der Waals surface area contributed by atoms with Crippen LogP contribution in [0.5, 0.6) is 5.75 Å². The zero-order chi connectivity index (χ0) is 17.3. The molecule has 1 N–H and O–H groups in total. The molecule has 3 rings (SSSR count). The van der Waals surface area contributed by atoms with E-state index in [1.807, 2.05) is 84.9 Å². The lowest BCUT2D eigenvalue weighted by Crippen LogP contribution is -2.03. The van der Waals surface area contributed by atoms with E-state index in [1.165, 1.54) is 0 Å². The SMILES string of the molecule is COc1ccccc1C(N=Nc1ccccc1)=NNc1ccccc1. The number of hydrogen-bond acceptors (Lipinski definition) is 4. The van der Waals surface area contributed by atoms with Crippen LogP contribution < -0.4 is 10.2 Å². The number of para-hydroxylation sites is 2. The van der Waals surface area contributed by atoms with Gasteiger partial charge in [0, 0.05) is 0 Å². The van der Waals surface area contributed by atoms with Crippen LogP contribution in [0.2, 0.25) is 0 Å². The molecule has 3 aromatic rings. The van der Waals surface area contributed by atoms with Gasteiger partial charge in [-0.25, -0.2) is 0 Å². The van der Waals surface area contributed by atoms with Crippen molar-refractivity contribution < 1.29 is 4.74 Å². The summed E-state index contributed by atoms with van der Waals surface area (Å²) in [4.78, 5) is 0. The van der Waals surface area contributed by atoms with Crippen LogP contribution in [0.15, 0.2) is 100 Å². The van der Waals surface area contributed by atoms with Gasteiger partial charge in [0.25, 0.3) is 0 Å². The lowest BCUT2D eigenvalue weighted by molar-refractivity contribution is 0.414. The number of nitrogens with zero attached hydrogens (tertiary/aromatic N) is 3. The van der Waals surface area contributed by atoms with Crippen LogP contribution in [0.25, 0.3) is 0 Å². The van der Waals surface area contributed by atoms with Crippen LogP contribution >= 0.6 is 0 Å². The largest absolute Gasteiger partial charge is 0.496 e. The van der Waals surface area contributed by atoms with E-state index in [0.717, 1.165) is 16.9 Å². The van der Waals surface area contributed by atoms with E-state index in [9.17, 15) is 0 Å². The molecule has 0 aliphatic carbocycles. The molecule has 0 spiro atoms. The molecule has 25 heavy (non-hydrogen) atoms. The van der Waals surface area contributed by atoms with Crippen molar-refractivity contribution in [2.75, 3.05) is 12.5 Å². The highest BCUT2D eigenvalue weighted by molar-refractivity contribution is 6.02. The van der Waals surface area contributed by atoms with Crippen LogP contribution in [0.1, 0.15) is 5.56 Å². The molecule has 0 aliphatic rings. The van der Waals surface area contributed by atoms with E-state index < -0.39 is 0 Å². The average Bonchev–Trinajstić information content (AvgIpc) is 2.70. The first-order valence-electron chi connectivity index (χ1n) is 7.86. The van der Waals surface area contributed by atoms with Crippen LogP contribution in [0, 0.1) is 0 Å². The minimum Gasteiger partial charge on any atom is -0.496 e. The second-order valence-electron chi connectivity index (χ2n) is 5.15. The first-order chi connectivity index (χ1) is 12.4. The van der Waals surface area contributed by atoms with Crippen LogP contribution in [0.4, 0.5) is 11.4 Å². The van der Waals surface area contributed by atoms with Gasteiger partial charge < -0.3 is 4.74 Å². The van der Waals surface area contributed by atoms with Crippen molar-refractivity contribution in [3.05, 3.63) is 90.5 Å². The summed E-state index contributed by atoms with van der Waals surface area (Å²) in [6.07, 6.45) is 0. The van der Waals surface area contributed by atoms with Crippen LogP contribution in [-0.2, 0) is 0 Å². The fraction of sp³-hybridized carbons (Fsp3) is 0.0500. The van der Waals surface area contributed by atoms with E-state index in [0.29, 0.717) is 11.6 Å². The van der Waals surface area contributed by atoms with Gasteiger partial charge in [0.2, 0.25) is 5.84 Å². The Morgan fingerprint density at radius 2 is 1.44 bits per heavy atom. The Balaban J connectivity index is 1.94. The van der Waals surface area contributed by atoms with E-state index in [2.05, 4.69) is 20.8 Å². The zero-order valence-corrected chi connectivity index (χ0v) is 13.8. The average molecular weight is 330 g/mol. The van der Waals surface area contributed by atoms with Gasteiger partial charge in [-0.3, -0.25) is 5.43 Å². The Hall–Kier alpha value is -3.47. The van der Waals surface area contributed by atoms with E-state index in [-0.39, 0.29) is 0 Å². The van der Waals surface area contributed by atoms with Crippen molar-refractivity contribution in [3.8, 4) is 5.75 Å². The molecule has 0 fully saturated rings. The van der Waals surface area contributed by atoms with E-state index >= 15 is 0 Å². The van der Waals surface area contributed by atoms with Crippen molar-refractivity contribution in [2.45, 2.75) is 0 Å². The van der Waals surface area contributed by atoms with Gasteiger partial charge >= 0.3 is 0 Å². The molecule has 5 nitrogen and oxygen atoms in total. The van der Waals surface area contributed by atoms with Crippen molar-refractivity contribution in [2.24, 2.45) is 15.3 Å². The summed E-state index contributed by atoms with van der Waals surface area (Å²) < 4.78 is 5.42. The third-order valence-electron chi connectivity index (χ3n) is 3.43. The standard InChI is InChI=1S/C20H18N4O/c1-25-19-15-9-8-14-18(19)20(23-21-16-10-4-2-5-11-16)24-22-17-12-6-3-7-13-17/h2-15,21H,1H3. The van der Waals surface area contributed by atoms with Gasteiger partial charge in [0.15, 0.2) is 0 Å². The highest BCUT2D eigenvalue weighted by atomic mass is 16.5. The molecule has 0 unspecified atom stereocenters. The predicted molar refractivity (Wildman–Crippen MR) is 101 cm³/mol. The number of hydrogen-bond donors (Lipinski definition) is 1. The lowest BCUT2D eigenvalue weighted by Gasteiger charge is -2.08. The predicted octanol–water partition coefficient (Wildman–Crippen LogP) is 5.25. The third kappa shape index (κ3) is 4.51. The number of hydrazone groups is 1. The van der Waals surface area contributed by atoms with Crippen molar-refractivity contribution in [1.29, 1.82) is 0 Å². The molecule has 0 amide bonds. The van der Waals surface area contributed by atoms with Gasteiger partial charge in [0.1, 0.15) is 5.75 Å². The monoisotopic (exact) mass is 330 g/mol. The maximum absolute atomic E-state index is 5.42. The molecule has 3 aromatic carbocycles. The summed E-state index contributed by atoms with van der Waals surface area (Å²) in [6.45, 7) is 0. The number of benzene rings is 3. The fourth-order valence-electron chi connectivity index (χ4n) is 2.20. The number of methoxy groups -OCH3 is 1. The number of anilines is 1. The van der Waals surface area contributed by atoms with Crippen molar-refractivity contribution >= 4 is 17.2 Å². The third-order valence-corrected chi connectivity index (χ3v) is 3.43. The number of azo groups is 1. The molecule has 0 radical (unpaired) electrons. The van der Waals surface area contributed by atoms with Gasteiger partial charge in [-0.05, 0) is 36.4 Å². The lowest BCUT2D eigenvalue weighted by atomic mass is 10.2. The Kier molecular flexibility index (Phi) is 5.51. The summed E-state index contributed by atoms with van der Waals surface area (Å²) in [6, 6.07) is 26.8. The Morgan fingerprint density at radius 1 is 0.800 bits per heavy atom. The smallest absolute Gasteiger partial charge is 0.204 e. The van der Waals surface area contributed by atoms with Crippen molar-refractivity contribution in [1.82, 2.24) is 0 Å². The molecule has 0 heterocycles. The number of ether oxygens (including phenoxy) is 1. The highest BCUT2D eigenvalue weighted by Crippen LogP contribution is 2.21.